The Morgan fingerprint density at radius 2 is 2.40 bits per heavy atom. The Morgan fingerprint density at radius 3 is 2.93 bits per heavy atom. The monoisotopic (exact) mass is 211 g/mol. The van der Waals surface area contributed by atoms with Gasteiger partial charge in [0.1, 0.15) is 0 Å². The van der Waals surface area contributed by atoms with E-state index in [1.54, 1.807) is 0 Å². The van der Waals surface area contributed by atoms with Crippen molar-refractivity contribution in [2.45, 2.75) is 25.3 Å². The third-order valence-corrected chi connectivity index (χ3v) is 1.69. The van der Waals surface area contributed by atoms with E-state index in [-0.39, 0.29) is 0 Å². The number of carbonyl (C=O) groups is 1. The van der Waals surface area contributed by atoms with E-state index < -0.39 is 11.5 Å². The minimum absolute atomic E-state index is 0.553. The van der Waals surface area contributed by atoms with Crippen molar-refractivity contribution in [2.24, 2.45) is 5.73 Å². The number of hydrogen-bond acceptors (Lipinski definition) is 4. The van der Waals surface area contributed by atoms with Crippen LogP contribution in [0, 0.1) is 17.3 Å². The summed E-state index contributed by atoms with van der Waals surface area (Å²) in [5, 5.41) is 18.4. The molecule has 1 unspecified atom stereocenters. The summed E-state index contributed by atoms with van der Waals surface area (Å²) in [5.41, 5.74) is 3.95. The van der Waals surface area contributed by atoms with E-state index in [9.17, 15) is 4.79 Å². The summed E-state index contributed by atoms with van der Waals surface area (Å²) >= 11 is 0. The van der Waals surface area contributed by atoms with E-state index in [0.717, 1.165) is 13.0 Å². The normalized spacial score (nSPS) is 13.5. The highest BCUT2D eigenvalue weighted by atomic mass is 16.4. The molecule has 1 atom stereocenters. The molecule has 5 heteroatoms. The van der Waals surface area contributed by atoms with Crippen LogP contribution in [0.3, 0.4) is 0 Å². The van der Waals surface area contributed by atoms with Crippen molar-refractivity contribution in [3.05, 3.63) is 0 Å². The van der Waals surface area contributed by atoms with Gasteiger partial charge >= 0.3 is 5.97 Å². The van der Waals surface area contributed by atoms with E-state index in [4.69, 9.17) is 16.2 Å². The molecule has 84 valence electrons. The first kappa shape index (κ1) is 13.6. The van der Waals surface area contributed by atoms with E-state index >= 15 is 0 Å². The third-order valence-electron chi connectivity index (χ3n) is 1.69. The fourth-order valence-corrected chi connectivity index (χ4v) is 0.776. The predicted molar refractivity (Wildman–Crippen MR) is 58.9 cm³/mol. The van der Waals surface area contributed by atoms with Gasteiger partial charge in [0.25, 0.3) is 0 Å². The molecule has 15 heavy (non-hydrogen) atoms. The van der Waals surface area contributed by atoms with Gasteiger partial charge in [-0.3, -0.25) is 0 Å². The molecule has 0 spiro atoms. The lowest BCUT2D eigenvalue weighted by Gasteiger charge is -2.09. The highest BCUT2D eigenvalue weighted by Crippen LogP contribution is 1.96. The van der Waals surface area contributed by atoms with Crippen LogP contribution in [0.5, 0.6) is 0 Å². The summed E-state index contributed by atoms with van der Waals surface area (Å²) in [6.07, 6.45) is 2.70. The van der Waals surface area contributed by atoms with Gasteiger partial charge in [0.15, 0.2) is 5.54 Å². The Hall–Kier alpha value is -1.38. The van der Waals surface area contributed by atoms with Crippen LogP contribution in [-0.4, -0.2) is 35.9 Å². The average Bonchev–Trinajstić information content (AvgIpc) is 2.16. The first-order valence-electron chi connectivity index (χ1n) is 4.72. The Bertz CT molecular complexity index is 276. The van der Waals surface area contributed by atoms with Crippen LogP contribution in [0.4, 0.5) is 0 Å². The molecule has 0 radical (unpaired) electrons. The number of hydrogen-bond donors (Lipinski definition) is 4. The maximum atomic E-state index is 10.6. The van der Waals surface area contributed by atoms with Crippen molar-refractivity contribution in [2.75, 3.05) is 13.1 Å². The molecule has 0 heterocycles. The maximum Gasteiger partial charge on any atom is 0.335 e. The topological polar surface area (TPSA) is 99.2 Å². The highest BCUT2D eigenvalue weighted by molar-refractivity contribution is 5.82. The molecule has 0 aliphatic carbocycles. The third kappa shape index (κ3) is 6.66. The van der Waals surface area contributed by atoms with Gasteiger partial charge in [0.05, 0.1) is 0 Å². The Labute approximate surface area is 89.6 Å². The van der Waals surface area contributed by atoms with E-state index in [0.29, 0.717) is 13.0 Å². The second-order valence-electron chi connectivity index (χ2n) is 3.32. The Kier molecular flexibility index (Phi) is 6.34. The van der Waals surface area contributed by atoms with Crippen LogP contribution in [0.1, 0.15) is 19.8 Å². The number of nitrogens with two attached hydrogens (primary N) is 1. The first-order valence-corrected chi connectivity index (χ1v) is 4.72. The average molecular weight is 211 g/mol. The van der Waals surface area contributed by atoms with E-state index in [1.807, 2.05) is 0 Å². The standard InChI is InChI=1S/C10H17N3O2/c1-10(12,9(14)15)5-3-2-4-7-13-8-6-11/h6,11,13H,2,4,7-8,12H2,1H3,(H,14,15). The van der Waals surface area contributed by atoms with Crippen LogP contribution < -0.4 is 11.1 Å². The van der Waals surface area contributed by atoms with E-state index in [1.165, 1.54) is 13.1 Å². The van der Waals surface area contributed by atoms with Crippen LogP contribution in [0.2, 0.25) is 0 Å². The smallest absolute Gasteiger partial charge is 0.335 e. The van der Waals surface area contributed by atoms with Crippen molar-refractivity contribution in [3.8, 4) is 11.8 Å². The van der Waals surface area contributed by atoms with Gasteiger partial charge < -0.3 is 21.6 Å². The minimum Gasteiger partial charge on any atom is -0.479 e. The maximum absolute atomic E-state index is 10.6. The lowest BCUT2D eigenvalue weighted by atomic mass is 10.1. The summed E-state index contributed by atoms with van der Waals surface area (Å²) in [4.78, 5) is 10.6. The molecular weight excluding hydrogens is 194 g/mol. The quantitative estimate of drug-likeness (QED) is 0.278. The Morgan fingerprint density at radius 1 is 1.73 bits per heavy atom. The van der Waals surface area contributed by atoms with Crippen LogP contribution in [0.15, 0.2) is 0 Å². The van der Waals surface area contributed by atoms with Crippen LogP contribution in [-0.2, 0) is 4.79 Å². The SMILES string of the molecule is CC(N)(C#CCCCNCC=N)C(=O)O. The number of carboxylic acid groups (broad SMARTS) is 1. The molecule has 0 saturated carbocycles. The molecule has 5 nitrogen and oxygen atoms in total. The zero-order valence-electron chi connectivity index (χ0n) is 8.84. The summed E-state index contributed by atoms with van der Waals surface area (Å²) in [6.45, 7) is 2.69. The number of carboxylic acids is 1. The molecule has 0 rings (SSSR count). The van der Waals surface area contributed by atoms with Gasteiger partial charge in [0, 0.05) is 19.2 Å². The molecule has 0 saturated heterocycles. The van der Waals surface area contributed by atoms with Gasteiger partial charge in [-0.05, 0) is 19.9 Å². The Balaban J connectivity index is 3.71. The zero-order valence-corrected chi connectivity index (χ0v) is 8.84. The number of unbranched alkanes of at least 4 members (excludes halogenated alkanes) is 1. The first-order chi connectivity index (χ1) is 7.00. The van der Waals surface area contributed by atoms with Gasteiger partial charge in [-0.2, -0.15) is 0 Å². The fourth-order valence-electron chi connectivity index (χ4n) is 0.776. The number of nitrogens with one attached hydrogen (secondary N) is 2. The van der Waals surface area contributed by atoms with Crippen LogP contribution >= 0.6 is 0 Å². The molecule has 5 N–H and O–H groups in total. The molecule has 0 amide bonds. The number of rotatable bonds is 6. The lowest BCUT2D eigenvalue weighted by molar-refractivity contribution is -0.140. The van der Waals surface area contributed by atoms with Gasteiger partial charge in [-0.25, -0.2) is 4.79 Å². The summed E-state index contributed by atoms with van der Waals surface area (Å²) in [5.74, 6) is 4.12. The highest BCUT2D eigenvalue weighted by Gasteiger charge is 2.24. The second-order valence-corrected chi connectivity index (χ2v) is 3.32. The molecule has 0 aromatic heterocycles. The molecule has 0 aromatic rings. The molecule has 0 fully saturated rings. The zero-order chi connectivity index (χ0) is 11.7. The molecule has 0 aliphatic rings. The van der Waals surface area contributed by atoms with Crippen LogP contribution in [0.25, 0.3) is 0 Å². The summed E-state index contributed by atoms with van der Waals surface area (Å²) < 4.78 is 0. The summed E-state index contributed by atoms with van der Waals surface area (Å²) in [6, 6.07) is 0. The van der Waals surface area contributed by atoms with E-state index in [2.05, 4.69) is 17.2 Å². The predicted octanol–water partition coefficient (Wildman–Crippen LogP) is -0.189. The summed E-state index contributed by atoms with van der Waals surface area (Å²) in [7, 11) is 0. The lowest BCUT2D eigenvalue weighted by Crippen LogP contribution is -2.43. The molecule has 0 aliphatic heterocycles. The van der Waals surface area contributed by atoms with Crippen molar-refractivity contribution < 1.29 is 9.90 Å². The largest absolute Gasteiger partial charge is 0.479 e. The molecule has 0 aromatic carbocycles. The minimum atomic E-state index is -1.46. The van der Waals surface area contributed by atoms with Crippen molar-refractivity contribution in [1.29, 1.82) is 5.41 Å². The molecular formula is C10H17N3O2. The van der Waals surface area contributed by atoms with Gasteiger partial charge in [0.2, 0.25) is 0 Å². The van der Waals surface area contributed by atoms with Gasteiger partial charge in [-0.15, -0.1) is 5.92 Å². The second kappa shape index (κ2) is 6.98. The van der Waals surface area contributed by atoms with Crippen molar-refractivity contribution in [3.63, 3.8) is 0 Å². The van der Waals surface area contributed by atoms with Crippen molar-refractivity contribution >= 4 is 12.2 Å². The fraction of sp³-hybridized carbons (Fsp3) is 0.600. The molecule has 0 bridgehead atoms. The van der Waals surface area contributed by atoms with Crippen molar-refractivity contribution in [1.82, 2.24) is 5.32 Å². The number of aliphatic carboxylic acids is 1. The van der Waals surface area contributed by atoms with Gasteiger partial charge in [-0.1, -0.05) is 5.92 Å².